The molecule has 1 aliphatic heterocycles. The number of carbonyl (C=O) groups is 1. The minimum Gasteiger partial charge on any atom is -0.354 e. The Labute approximate surface area is 91.5 Å². The van der Waals surface area contributed by atoms with Crippen molar-refractivity contribution in [1.29, 1.82) is 0 Å². The molecule has 1 heterocycles. The van der Waals surface area contributed by atoms with Gasteiger partial charge in [0, 0.05) is 13.1 Å². The Balaban J connectivity index is 2.19. The summed E-state index contributed by atoms with van der Waals surface area (Å²) in [6.07, 6.45) is 3.37. The summed E-state index contributed by atoms with van der Waals surface area (Å²) in [5, 5.41) is 2.89. The highest BCUT2D eigenvalue weighted by Crippen LogP contribution is 2.12. The van der Waals surface area contributed by atoms with Gasteiger partial charge in [-0.2, -0.15) is 0 Å². The lowest BCUT2D eigenvalue weighted by Crippen LogP contribution is -2.42. The van der Waals surface area contributed by atoms with E-state index in [1.807, 2.05) is 0 Å². The van der Waals surface area contributed by atoms with Gasteiger partial charge in [-0.1, -0.05) is 6.08 Å². The van der Waals surface area contributed by atoms with Crippen LogP contribution in [0.15, 0.2) is 12.7 Å². The summed E-state index contributed by atoms with van der Waals surface area (Å²) in [6, 6.07) is -0.443. The molecule has 4 nitrogen and oxygen atoms in total. The maximum atomic E-state index is 11.5. The maximum absolute atomic E-state index is 11.5. The average Bonchev–Trinajstić information content (AvgIpc) is 2.61. The van der Waals surface area contributed by atoms with Crippen LogP contribution in [-0.2, 0) is 4.79 Å². The van der Waals surface area contributed by atoms with E-state index in [-0.39, 0.29) is 5.91 Å². The van der Waals surface area contributed by atoms with Gasteiger partial charge in [0.15, 0.2) is 0 Å². The van der Waals surface area contributed by atoms with E-state index in [1.165, 1.54) is 0 Å². The molecular formula is C11H21N3O. The zero-order valence-corrected chi connectivity index (χ0v) is 9.41. The number of nitrogens with two attached hydrogens (primary N) is 1. The third kappa shape index (κ3) is 4.01. The van der Waals surface area contributed by atoms with E-state index in [2.05, 4.69) is 23.8 Å². The number of rotatable bonds is 5. The fraction of sp³-hybridized carbons (Fsp3) is 0.727. The Morgan fingerprint density at radius 2 is 2.53 bits per heavy atom. The van der Waals surface area contributed by atoms with Crippen LogP contribution in [-0.4, -0.2) is 43.5 Å². The molecule has 1 amide bonds. The summed E-state index contributed by atoms with van der Waals surface area (Å²) in [5.74, 6) is 0.513. The van der Waals surface area contributed by atoms with Crippen LogP contribution < -0.4 is 11.1 Å². The number of nitrogens with one attached hydrogen (secondary N) is 1. The van der Waals surface area contributed by atoms with Crippen molar-refractivity contribution in [1.82, 2.24) is 10.2 Å². The number of amides is 1. The van der Waals surface area contributed by atoms with E-state index in [9.17, 15) is 4.79 Å². The molecule has 0 aromatic rings. The number of likely N-dealkylation sites (tertiary alicyclic amines) is 1. The first kappa shape index (κ1) is 12.2. The molecule has 0 aromatic heterocycles. The summed E-state index contributed by atoms with van der Waals surface area (Å²) < 4.78 is 0. The molecule has 2 atom stereocenters. The lowest BCUT2D eigenvalue weighted by atomic mass is 10.1. The van der Waals surface area contributed by atoms with E-state index in [0.717, 1.165) is 26.1 Å². The molecule has 0 radical (unpaired) electrons. The summed E-state index contributed by atoms with van der Waals surface area (Å²) in [6.45, 7) is 6.50. The van der Waals surface area contributed by atoms with Crippen LogP contribution in [0.1, 0.15) is 12.8 Å². The van der Waals surface area contributed by atoms with E-state index in [4.69, 9.17) is 5.73 Å². The monoisotopic (exact) mass is 211 g/mol. The largest absolute Gasteiger partial charge is 0.354 e. The molecule has 1 fully saturated rings. The first-order valence-electron chi connectivity index (χ1n) is 5.46. The molecule has 1 saturated heterocycles. The molecule has 2 unspecified atom stereocenters. The standard InChI is InChI=1S/C11H21N3O/c1-3-4-10(12)11(15)13-7-9-5-6-14(2)8-9/h3,9-10H,1,4-8,12H2,2H3,(H,13,15). The highest BCUT2D eigenvalue weighted by Gasteiger charge is 2.20. The molecular weight excluding hydrogens is 190 g/mol. The second kappa shape index (κ2) is 5.88. The normalized spacial score (nSPS) is 23.7. The van der Waals surface area contributed by atoms with Gasteiger partial charge >= 0.3 is 0 Å². The third-order valence-electron chi connectivity index (χ3n) is 2.81. The van der Waals surface area contributed by atoms with Gasteiger partial charge in [-0.3, -0.25) is 4.79 Å². The summed E-state index contributed by atoms with van der Waals surface area (Å²) in [5.41, 5.74) is 5.65. The van der Waals surface area contributed by atoms with Crippen molar-refractivity contribution >= 4 is 5.91 Å². The number of hydrogen-bond acceptors (Lipinski definition) is 3. The molecule has 0 saturated carbocycles. The third-order valence-corrected chi connectivity index (χ3v) is 2.81. The predicted octanol–water partition coefficient (Wildman–Crippen LogP) is -0.0423. The van der Waals surface area contributed by atoms with Gasteiger partial charge in [0.2, 0.25) is 5.91 Å². The van der Waals surface area contributed by atoms with Crippen LogP contribution in [0.2, 0.25) is 0 Å². The van der Waals surface area contributed by atoms with Gasteiger partial charge in [-0.25, -0.2) is 0 Å². The fourth-order valence-electron chi connectivity index (χ4n) is 1.86. The van der Waals surface area contributed by atoms with Gasteiger partial charge in [0.05, 0.1) is 6.04 Å². The van der Waals surface area contributed by atoms with Crippen molar-refractivity contribution in [2.45, 2.75) is 18.9 Å². The lowest BCUT2D eigenvalue weighted by molar-refractivity contribution is -0.122. The molecule has 1 aliphatic rings. The molecule has 86 valence electrons. The van der Waals surface area contributed by atoms with Gasteiger partial charge in [0.1, 0.15) is 0 Å². The second-order valence-electron chi connectivity index (χ2n) is 4.29. The highest BCUT2D eigenvalue weighted by atomic mass is 16.2. The second-order valence-corrected chi connectivity index (χ2v) is 4.29. The van der Waals surface area contributed by atoms with Crippen LogP contribution in [0.5, 0.6) is 0 Å². The zero-order chi connectivity index (χ0) is 11.3. The molecule has 0 bridgehead atoms. The molecule has 3 N–H and O–H groups in total. The Morgan fingerprint density at radius 3 is 3.07 bits per heavy atom. The minimum absolute atomic E-state index is 0.0653. The first-order chi connectivity index (χ1) is 7.13. The van der Waals surface area contributed by atoms with Crippen LogP contribution in [0.3, 0.4) is 0 Å². The molecule has 4 heteroatoms. The SMILES string of the molecule is C=CCC(N)C(=O)NCC1CCN(C)C1. The number of carbonyl (C=O) groups excluding carboxylic acids is 1. The first-order valence-corrected chi connectivity index (χ1v) is 5.46. The Kier molecular flexibility index (Phi) is 4.78. The molecule has 0 spiro atoms. The molecule has 1 rings (SSSR count). The average molecular weight is 211 g/mol. The number of hydrogen-bond donors (Lipinski definition) is 2. The van der Waals surface area contributed by atoms with E-state index >= 15 is 0 Å². The van der Waals surface area contributed by atoms with Gasteiger partial charge in [0.25, 0.3) is 0 Å². The van der Waals surface area contributed by atoms with Crippen molar-refractivity contribution in [2.24, 2.45) is 11.7 Å². The highest BCUT2D eigenvalue weighted by molar-refractivity contribution is 5.81. The predicted molar refractivity (Wildman–Crippen MR) is 61.4 cm³/mol. The van der Waals surface area contributed by atoms with Crippen LogP contribution >= 0.6 is 0 Å². The van der Waals surface area contributed by atoms with E-state index in [1.54, 1.807) is 6.08 Å². The fourth-order valence-corrected chi connectivity index (χ4v) is 1.86. The van der Waals surface area contributed by atoms with Crippen LogP contribution in [0, 0.1) is 5.92 Å². The summed E-state index contributed by atoms with van der Waals surface area (Å²) >= 11 is 0. The van der Waals surface area contributed by atoms with Crippen molar-refractivity contribution in [3.63, 3.8) is 0 Å². The maximum Gasteiger partial charge on any atom is 0.237 e. The van der Waals surface area contributed by atoms with Gasteiger partial charge < -0.3 is 16.0 Å². The van der Waals surface area contributed by atoms with Crippen molar-refractivity contribution in [3.8, 4) is 0 Å². The minimum atomic E-state index is -0.443. The summed E-state index contributed by atoms with van der Waals surface area (Å²) in [7, 11) is 2.10. The van der Waals surface area contributed by atoms with Crippen LogP contribution in [0.25, 0.3) is 0 Å². The van der Waals surface area contributed by atoms with Gasteiger partial charge in [-0.05, 0) is 32.4 Å². The Hall–Kier alpha value is -0.870. The molecule has 0 aromatic carbocycles. The van der Waals surface area contributed by atoms with E-state index in [0.29, 0.717) is 12.3 Å². The molecule has 0 aliphatic carbocycles. The Bertz CT molecular complexity index is 230. The number of nitrogens with zero attached hydrogens (tertiary/aromatic N) is 1. The smallest absolute Gasteiger partial charge is 0.237 e. The van der Waals surface area contributed by atoms with E-state index < -0.39 is 6.04 Å². The molecule has 15 heavy (non-hydrogen) atoms. The van der Waals surface area contributed by atoms with Gasteiger partial charge in [-0.15, -0.1) is 6.58 Å². The van der Waals surface area contributed by atoms with Crippen molar-refractivity contribution < 1.29 is 4.79 Å². The lowest BCUT2D eigenvalue weighted by Gasteiger charge is -2.14. The van der Waals surface area contributed by atoms with Crippen molar-refractivity contribution in [2.75, 3.05) is 26.7 Å². The topological polar surface area (TPSA) is 58.4 Å². The zero-order valence-electron chi connectivity index (χ0n) is 9.41. The quantitative estimate of drug-likeness (QED) is 0.627. The van der Waals surface area contributed by atoms with Crippen molar-refractivity contribution in [3.05, 3.63) is 12.7 Å². The Morgan fingerprint density at radius 1 is 1.80 bits per heavy atom. The van der Waals surface area contributed by atoms with Crippen LogP contribution in [0.4, 0.5) is 0 Å². The summed E-state index contributed by atoms with van der Waals surface area (Å²) in [4.78, 5) is 13.8.